The van der Waals surface area contributed by atoms with Gasteiger partial charge in [0.15, 0.2) is 0 Å². The molecule has 0 spiro atoms. The number of carbonyl (C=O) groups excluding carboxylic acids is 2. The molecule has 0 aromatic heterocycles. The quantitative estimate of drug-likeness (QED) is 0.871. The predicted molar refractivity (Wildman–Crippen MR) is 72.8 cm³/mol. The molecule has 2 aromatic rings. The Labute approximate surface area is 117 Å². The van der Waals surface area contributed by atoms with Gasteiger partial charge in [0.1, 0.15) is 0 Å². The minimum absolute atomic E-state index is 0.196. The third-order valence-corrected chi connectivity index (χ3v) is 2.91. The Morgan fingerprint density at radius 1 is 0.950 bits per heavy atom. The van der Waals surface area contributed by atoms with Gasteiger partial charge >= 0.3 is 0 Å². The number of rotatable bonds is 5. The fourth-order valence-corrected chi connectivity index (χ4v) is 1.87. The van der Waals surface area contributed by atoms with Crippen LogP contribution in [0, 0.1) is 0 Å². The molecule has 1 atom stereocenters. The van der Waals surface area contributed by atoms with Crippen molar-refractivity contribution in [3.05, 3.63) is 71.8 Å². The van der Waals surface area contributed by atoms with Crippen molar-refractivity contribution in [3.63, 3.8) is 0 Å². The molecule has 1 N–H and O–H groups in total. The van der Waals surface area contributed by atoms with Crippen molar-refractivity contribution in [2.45, 2.75) is 12.5 Å². The predicted octanol–water partition coefficient (Wildman–Crippen LogP) is 0.778. The van der Waals surface area contributed by atoms with Crippen molar-refractivity contribution < 1.29 is 14.7 Å². The van der Waals surface area contributed by atoms with Crippen LogP contribution in [0.4, 0.5) is 0 Å². The van der Waals surface area contributed by atoms with E-state index in [4.69, 9.17) is 0 Å². The second-order valence-corrected chi connectivity index (χ2v) is 4.40. The number of amides is 1. The highest BCUT2D eigenvalue weighted by atomic mass is 16.4. The molecule has 0 heterocycles. The maximum Gasteiger partial charge on any atom is 0.251 e. The van der Waals surface area contributed by atoms with Crippen LogP contribution in [-0.4, -0.2) is 17.9 Å². The first-order valence-corrected chi connectivity index (χ1v) is 6.27. The van der Waals surface area contributed by atoms with Crippen LogP contribution in [0.15, 0.2) is 60.7 Å². The van der Waals surface area contributed by atoms with E-state index in [1.807, 2.05) is 30.3 Å². The number of carbonyl (C=O) groups is 2. The third-order valence-electron chi connectivity index (χ3n) is 2.91. The normalized spacial score (nSPS) is 11.6. The van der Waals surface area contributed by atoms with Crippen molar-refractivity contribution in [3.8, 4) is 0 Å². The molecule has 20 heavy (non-hydrogen) atoms. The van der Waals surface area contributed by atoms with E-state index < -0.39 is 17.9 Å². The SMILES string of the molecule is O=C(NC(Cc1ccccc1)C(=O)[O-])c1ccccc1. The Morgan fingerprint density at radius 2 is 1.50 bits per heavy atom. The topological polar surface area (TPSA) is 69.2 Å². The first kappa shape index (κ1) is 13.8. The van der Waals surface area contributed by atoms with E-state index in [1.165, 1.54) is 0 Å². The van der Waals surface area contributed by atoms with Crippen molar-refractivity contribution in [2.75, 3.05) is 0 Å². The Morgan fingerprint density at radius 3 is 2.05 bits per heavy atom. The van der Waals surface area contributed by atoms with Crippen LogP contribution < -0.4 is 10.4 Å². The fraction of sp³-hybridized carbons (Fsp3) is 0.125. The lowest BCUT2D eigenvalue weighted by Crippen LogP contribution is -2.49. The summed E-state index contributed by atoms with van der Waals surface area (Å²) in [5.41, 5.74) is 1.25. The zero-order chi connectivity index (χ0) is 14.4. The summed E-state index contributed by atoms with van der Waals surface area (Å²) in [4.78, 5) is 23.1. The van der Waals surface area contributed by atoms with Crippen LogP contribution in [0.3, 0.4) is 0 Å². The van der Waals surface area contributed by atoms with E-state index in [9.17, 15) is 14.7 Å². The fourth-order valence-electron chi connectivity index (χ4n) is 1.87. The monoisotopic (exact) mass is 268 g/mol. The molecule has 102 valence electrons. The summed E-state index contributed by atoms with van der Waals surface area (Å²) in [6.45, 7) is 0. The summed E-state index contributed by atoms with van der Waals surface area (Å²) in [6.07, 6.45) is 0.196. The molecule has 4 heteroatoms. The number of aliphatic carboxylic acids is 1. The van der Waals surface area contributed by atoms with Gasteiger partial charge in [-0.05, 0) is 24.1 Å². The first-order valence-electron chi connectivity index (χ1n) is 6.27. The zero-order valence-corrected chi connectivity index (χ0v) is 10.8. The Kier molecular flexibility index (Phi) is 4.50. The lowest BCUT2D eigenvalue weighted by Gasteiger charge is -2.19. The summed E-state index contributed by atoms with van der Waals surface area (Å²) >= 11 is 0. The zero-order valence-electron chi connectivity index (χ0n) is 10.8. The first-order chi connectivity index (χ1) is 9.66. The summed E-state index contributed by atoms with van der Waals surface area (Å²) in [6, 6.07) is 16.5. The smallest absolute Gasteiger partial charge is 0.251 e. The number of benzene rings is 2. The molecule has 0 aliphatic heterocycles. The molecule has 0 radical (unpaired) electrons. The van der Waals surface area contributed by atoms with Crippen LogP contribution in [0.2, 0.25) is 0 Å². The minimum Gasteiger partial charge on any atom is -0.548 e. The van der Waals surface area contributed by atoms with E-state index in [0.29, 0.717) is 5.56 Å². The van der Waals surface area contributed by atoms with Crippen LogP contribution in [0.25, 0.3) is 0 Å². The highest BCUT2D eigenvalue weighted by Gasteiger charge is 2.15. The Balaban J connectivity index is 2.07. The average Bonchev–Trinajstić information content (AvgIpc) is 2.48. The van der Waals surface area contributed by atoms with Gasteiger partial charge in [0.05, 0.1) is 12.0 Å². The van der Waals surface area contributed by atoms with E-state index in [-0.39, 0.29) is 6.42 Å². The van der Waals surface area contributed by atoms with Crippen LogP contribution in [0.1, 0.15) is 15.9 Å². The van der Waals surface area contributed by atoms with Gasteiger partial charge in [-0.15, -0.1) is 0 Å². The molecular formula is C16H14NO3-. The number of hydrogen-bond donors (Lipinski definition) is 1. The van der Waals surface area contributed by atoms with E-state index in [2.05, 4.69) is 5.32 Å². The maximum absolute atomic E-state index is 11.9. The van der Waals surface area contributed by atoms with Crippen molar-refractivity contribution in [2.24, 2.45) is 0 Å². The van der Waals surface area contributed by atoms with E-state index >= 15 is 0 Å². The summed E-state index contributed by atoms with van der Waals surface area (Å²) in [5.74, 6) is -1.71. The number of nitrogens with one attached hydrogen (secondary N) is 1. The molecule has 1 amide bonds. The van der Waals surface area contributed by atoms with Gasteiger partial charge in [-0.2, -0.15) is 0 Å². The van der Waals surface area contributed by atoms with Gasteiger partial charge < -0.3 is 15.2 Å². The summed E-state index contributed by atoms with van der Waals surface area (Å²) < 4.78 is 0. The molecular weight excluding hydrogens is 254 g/mol. The standard InChI is InChI=1S/C16H15NO3/c18-15(13-9-5-2-6-10-13)17-14(16(19)20)11-12-7-3-1-4-8-12/h1-10,14H,11H2,(H,17,18)(H,19,20)/p-1. The number of hydrogen-bond acceptors (Lipinski definition) is 3. The van der Waals surface area contributed by atoms with Crippen LogP contribution in [-0.2, 0) is 11.2 Å². The largest absolute Gasteiger partial charge is 0.548 e. The number of carboxylic acid groups (broad SMARTS) is 1. The molecule has 0 saturated heterocycles. The second-order valence-electron chi connectivity index (χ2n) is 4.40. The summed E-state index contributed by atoms with van der Waals surface area (Å²) in [5, 5.41) is 13.6. The van der Waals surface area contributed by atoms with E-state index in [0.717, 1.165) is 5.56 Å². The number of carboxylic acids is 1. The highest BCUT2D eigenvalue weighted by molar-refractivity contribution is 5.96. The van der Waals surface area contributed by atoms with Crippen molar-refractivity contribution >= 4 is 11.9 Å². The van der Waals surface area contributed by atoms with Gasteiger partial charge in [-0.25, -0.2) is 0 Å². The van der Waals surface area contributed by atoms with Gasteiger partial charge in [0, 0.05) is 5.56 Å². The molecule has 1 unspecified atom stereocenters. The van der Waals surface area contributed by atoms with E-state index in [1.54, 1.807) is 30.3 Å². The summed E-state index contributed by atoms with van der Waals surface area (Å²) in [7, 11) is 0. The molecule has 0 aliphatic rings. The minimum atomic E-state index is -1.29. The Bertz CT molecular complexity index is 581. The molecule has 0 bridgehead atoms. The van der Waals surface area contributed by atoms with Gasteiger partial charge in [0.25, 0.3) is 5.91 Å². The lowest BCUT2D eigenvalue weighted by atomic mass is 10.1. The molecule has 2 rings (SSSR count). The lowest BCUT2D eigenvalue weighted by molar-refractivity contribution is -0.308. The molecule has 0 fully saturated rings. The molecule has 4 nitrogen and oxygen atoms in total. The third kappa shape index (κ3) is 3.68. The van der Waals surface area contributed by atoms with Crippen LogP contribution in [0.5, 0.6) is 0 Å². The maximum atomic E-state index is 11.9. The van der Waals surface area contributed by atoms with Gasteiger partial charge in [-0.1, -0.05) is 48.5 Å². The highest BCUT2D eigenvalue weighted by Crippen LogP contribution is 2.05. The molecule has 0 saturated carbocycles. The van der Waals surface area contributed by atoms with Crippen LogP contribution >= 0.6 is 0 Å². The van der Waals surface area contributed by atoms with Crippen molar-refractivity contribution in [1.29, 1.82) is 0 Å². The van der Waals surface area contributed by atoms with Crippen molar-refractivity contribution in [1.82, 2.24) is 5.32 Å². The second kappa shape index (κ2) is 6.52. The molecule has 0 aliphatic carbocycles. The Hall–Kier alpha value is -2.62. The molecule has 2 aromatic carbocycles. The van der Waals surface area contributed by atoms with Gasteiger partial charge in [-0.3, -0.25) is 4.79 Å². The van der Waals surface area contributed by atoms with Gasteiger partial charge in [0.2, 0.25) is 0 Å². The average molecular weight is 268 g/mol.